The number of carbonyl (C=O) groups is 1. The summed E-state index contributed by atoms with van der Waals surface area (Å²) in [5.41, 5.74) is 8.60. The lowest BCUT2D eigenvalue weighted by molar-refractivity contribution is -0.133. The highest BCUT2D eigenvalue weighted by Gasteiger charge is 2.20. The fourth-order valence-electron chi connectivity index (χ4n) is 3.26. The van der Waals surface area contributed by atoms with E-state index in [-0.39, 0.29) is 11.7 Å². The normalized spacial score (nSPS) is 15.0. The van der Waals surface area contributed by atoms with E-state index in [0.717, 1.165) is 50.3 Å². The Bertz CT molecular complexity index is 734. The van der Waals surface area contributed by atoms with Gasteiger partial charge in [0, 0.05) is 44.7 Å². The molecule has 0 spiro atoms. The Morgan fingerprint density at radius 1 is 0.923 bits per heavy atom. The second kappa shape index (κ2) is 8.63. The van der Waals surface area contributed by atoms with E-state index in [4.69, 9.17) is 11.1 Å². The van der Waals surface area contributed by atoms with E-state index in [1.54, 1.807) is 0 Å². The fourth-order valence-corrected chi connectivity index (χ4v) is 3.26. The van der Waals surface area contributed by atoms with Crippen molar-refractivity contribution in [3.05, 3.63) is 71.3 Å². The Morgan fingerprint density at radius 2 is 1.58 bits per heavy atom. The first-order valence-corrected chi connectivity index (χ1v) is 9.09. The van der Waals surface area contributed by atoms with E-state index >= 15 is 0 Å². The summed E-state index contributed by atoms with van der Waals surface area (Å²) in [6, 6.07) is 18.0. The molecule has 1 aliphatic rings. The zero-order valence-corrected chi connectivity index (χ0v) is 15.0. The topological polar surface area (TPSA) is 73.4 Å². The van der Waals surface area contributed by atoms with Gasteiger partial charge in [0.05, 0.1) is 0 Å². The summed E-state index contributed by atoms with van der Waals surface area (Å²) in [5.74, 6) is 0.293. The van der Waals surface area contributed by atoms with E-state index in [9.17, 15) is 4.79 Å². The first kappa shape index (κ1) is 18.1. The van der Waals surface area contributed by atoms with Crippen molar-refractivity contribution in [3.8, 4) is 0 Å². The van der Waals surface area contributed by atoms with Gasteiger partial charge in [-0.25, -0.2) is 0 Å². The van der Waals surface area contributed by atoms with Crippen molar-refractivity contribution in [3.63, 3.8) is 0 Å². The van der Waals surface area contributed by atoms with E-state index < -0.39 is 0 Å². The molecular weight excluding hydrogens is 324 g/mol. The Morgan fingerprint density at radius 3 is 2.19 bits per heavy atom. The van der Waals surface area contributed by atoms with E-state index in [0.29, 0.717) is 6.42 Å². The van der Waals surface area contributed by atoms with Crippen molar-refractivity contribution in [1.82, 2.24) is 9.80 Å². The number of hydrogen-bond acceptors (Lipinski definition) is 3. The summed E-state index contributed by atoms with van der Waals surface area (Å²) in [5, 5.41) is 7.41. The summed E-state index contributed by atoms with van der Waals surface area (Å²) >= 11 is 0. The molecule has 3 N–H and O–H groups in total. The van der Waals surface area contributed by atoms with Crippen molar-refractivity contribution in [2.45, 2.75) is 19.4 Å². The van der Waals surface area contributed by atoms with Crippen LogP contribution in [0.15, 0.2) is 54.6 Å². The molecule has 136 valence electrons. The molecule has 0 unspecified atom stereocenters. The largest absolute Gasteiger partial charge is 0.384 e. The predicted octanol–water partition coefficient (Wildman–Crippen LogP) is 2.25. The number of piperazine rings is 1. The molecule has 0 aliphatic carbocycles. The standard InChI is InChI=1S/C21H26N4O/c22-21(23)19-9-6-17(7-10-19)8-11-20(26)25-14-12-24(13-15-25)16-18-4-2-1-3-5-18/h1-7,9-10H,8,11-16H2,(H3,22,23). The minimum Gasteiger partial charge on any atom is -0.384 e. The van der Waals surface area contributed by atoms with Crippen LogP contribution in [0.2, 0.25) is 0 Å². The van der Waals surface area contributed by atoms with E-state index in [2.05, 4.69) is 29.2 Å². The summed E-state index contributed by atoms with van der Waals surface area (Å²) in [6.07, 6.45) is 1.25. The van der Waals surface area contributed by atoms with Crippen LogP contribution >= 0.6 is 0 Å². The minimum absolute atomic E-state index is 0.0704. The van der Waals surface area contributed by atoms with Crippen molar-refractivity contribution in [2.24, 2.45) is 5.73 Å². The number of rotatable bonds is 6. The molecule has 26 heavy (non-hydrogen) atoms. The van der Waals surface area contributed by atoms with Crippen LogP contribution in [0.25, 0.3) is 0 Å². The van der Waals surface area contributed by atoms with Crippen LogP contribution < -0.4 is 5.73 Å². The first-order valence-electron chi connectivity index (χ1n) is 9.09. The second-order valence-electron chi connectivity index (χ2n) is 6.75. The van der Waals surface area contributed by atoms with Crippen LogP contribution in [0.3, 0.4) is 0 Å². The lowest BCUT2D eigenvalue weighted by Gasteiger charge is -2.34. The molecule has 0 atom stereocenters. The third-order valence-corrected chi connectivity index (χ3v) is 4.87. The molecule has 1 heterocycles. The number of aryl methyl sites for hydroxylation is 1. The number of carbonyl (C=O) groups excluding carboxylic acids is 1. The molecule has 1 aliphatic heterocycles. The number of nitrogens with two attached hydrogens (primary N) is 1. The third kappa shape index (κ3) is 4.92. The minimum atomic E-state index is 0.0704. The predicted molar refractivity (Wildman–Crippen MR) is 104 cm³/mol. The quantitative estimate of drug-likeness (QED) is 0.620. The number of benzene rings is 2. The fraction of sp³-hybridized carbons (Fsp3) is 0.333. The van der Waals surface area contributed by atoms with Crippen molar-refractivity contribution < 1.29 is 4.79 Å². The van der Waals surface area contributed by atoms with Gasteiger partial charge in [0.2, 0.25) is 5.91 Å². The highest BCUT2D eigenvalue weighted by atomic mass is 16.2. The lowest BCUT2D eigenvalue weighted by atomic mass is 10.1. The van der Waals surface area contributed by atoms with Crippen molar-refractivity contribution in [2.75, 3.05) is 26.2 Å². The maximum Gasteiger partial charge on any atom is 0.222 e. The van der Waals surface area contributed by atoms with Crippen LogP contribution in [0.5, 0.6) is 0 Å². The maximum atomic E-state index is 12.5. The zero-order chi connectivity index (χ0) is 18.4. The van der Waals surface area contributed by atoms with Crippen LogP contribution in [-0.4, -0.2) is 47.7 Å². The molecule has 0 bridgehead atoms. The first-order chi connectivity index (χ1) is 12.6. The van der Waals surface area contributed by atoms with Crippen LogP contribution in [0.4, 0.5) is 0 Å². The average molecular weight is 350 g/mol. The summed E-state index contributed by atoms with van der Waals surface area (Å²) in [7, 11) is 0. The maximum absolute atomic E-state index is 12.5. The summed E-state index contributed by atoms with van der Waals surface area (Å²) in [4.78, 5) is 16.8. The van der Waals surface area contributed by atoms with Gasteiger partial charge in [-0.3, -0.25) is 15.1 Å². The SMILES string of the molecule is N=C(N)c1ccc(CCC(=O)N2CCN(Cc3ccccc3)CC2)cc1. The summed E-state index contributed by atoms with van der Waals surface area (Å²) in [6.45, 7) is 4.40. The summed E-state index contributed by atoms with van der Waals surface area (Å²) < 4.78 is 0. The van der Waals surface area contributed by atoms with Gasteiger partial charge < -0.3 is 10.6 Å². The van der Waals surface area contributed by atoms with E-state index in [1.807, 2.05) is 35.2 Å². The number of hydrogen-bond donors (Lipinski definition) is 2. The number of amidine groups is 1. The van der Waals surface area contributed by atoms with Gasteiger partial charge in [0.1, 0.15) is 5.84 Å². The van der Waals surface area contributed by atoms with Gasteiger partial charge in [-0.1, -0.05) is 54.6 Å². The van der Waals surface area contributed by atoms with Gasteiger partial charge in [0.15, 0.2) is 0 Å². The molecule has 0 aromatic heterocycles. The molecule has 3 rings (SSSR count). The number of amides is 1. The average Bonchev–Trinajstić information content (AvgIpc) is 2.68. The van der Waals surface area contributed by atoms with Gasteiger partial charge >= 0.3 is 0 Å². The van der Waals surface area contributed by atoms with Crippen LogP contribution in [-0.2, 0) is 17.8 Å². The molecule has 0 saturated carbocycles. The third-order valence-electron chi connectivity index (χ3n) is 4.87. The molecule has 1 amide bonds. The molecule has 5 heteroatoms. The zero-order valence-electron chi connectivity index (χ0n) is 15.0. The van der Waals surface area contributed by atoms with Crippen LogP contribution in [0.1, 0.15) is 23.1 Å². The van der Waals surface area contributed by atoms with Gasteiger partial charge in [-0.2, -0.15) is 0 Å². The Labute approximate surface area is 154 Å². The van der Waals surface area contributed by atoms with Gasteiger partial charge in [0.25, 0.3) is 0 Å². The molecule has 2 aromatic carbocycles. The molecule has 0 radical (unpaired) electrons. The van der Waals surface area contributed by atoms with E-state index in [1.165, 1.54) is 5.56 Å². The number of nitrogens with one attached hydrogen (secondary N) is 1. The van der Waals surface area contributed by atoms with Gasteiger partial charge in [-0.15, -0.1) is 0 Å². The Balaban J connectivity index is 1.42. The number of nitrogens with zero attached hydrogens (tertiary/aromatic N) is 2. The highest BCUT2D eigenvalue weighted by molar-refractivity contribution is 5.94. The lowest BCUT2D eigenvalue weighted by Crippen LogP contribution is -2.48. The smallest absolute Gasteiger partial charge is 0.222 e. The molecular formula is C21H26N4O. The van der Waals surface area contributed by atoms with Crippen LogP contribution in [0, 0.1) is 5.41 Å². The number of nitrogen functional groups attached to an aromatic ring is 1. The highest BCUT2D eigenvalue weighted by Crippen LogP contribution is 2.11. The van der Waals surface area contributed by atoms with Crippen molar-refractivity contribution in [1.29, 1.82) is 5.41 Å². The second-order valence-corrected chi connectivity index (χ2v) is 6.75. The molecule has 5 nitrogen and oxygen atoms in total. The molecule has 2 aromatic rings. The molecule has 1 saturated heterocycles. The Kier molecular flexibility index (Phi) is 6.02. The van der Waals surface area contributed by atoms with Gasteiger partial charge in [-0.05, 0) is 17.5 Å². The Hall–Kier alpha value is -2.66. The molecule has 1 fully saturated rings. The monoisotopic (exact) mass is 350 g/mol. The van der Waals surface area contributed by atoms with Crippen molar-refractivity contribution >= 4 is 11.7 Å².